The van der Waals surface area contributed by atoms with Gasteiger partial charge in [0.15, 0.2) is 5.84 Å². The average Bonchev–Trinajstić information content (AvgIpc) is 2.94. The lowest BCUT2D eigenvalue weighted by Crippen LogP contribution is -2.32. The highest BCUT2D eigenvalue weighted by Crippen LogP contribution is 2.21. The smallest absolute Gasteiger partial charge is 0.174 e. The zero-order valence-electron chi connectivity index (χ0n) is 14.2. The zero-order chi connectivity index (χ0) is 16.9. The van der Waals surface area contributed by atoms with Crippen molar-refractivity contribution in [3.8, 4) is 0 Å². The molecule has 24 heavy (non-hydrogen) atoms. The number of amidine groups is 1. The molecular weight excluding hydrogens is 306 g/mol. The van der Waals surface area contributed by atoms with Crippen LogP contribution < -0.4 is 10.6 Å². The lowest BCUT2D eigenvalue weighted by molar-refractivity contribution is 0.129. The van der Waals surface area contributed by atoms with E-state index in [1.54, 1.807) is 6.20 Å². The van der Waals surface area contributed by atoms with Crippen molar-refractivity contribution in [2.24, 2.45) is 10.9 Å². The number of aryl methyl sites for hydroxylation is 2. The monoisotopic (exact) mass is 329 g/mol. The van der Waals surface area contributed by atoms with Crippen LogP contribution in [0.25, 0.3) is 0 Å². The Balaban J connectivity index is 1.73. The number of aromatic nitrogens is 2. The molecule has 2 aromatic rings. The van der Waals surface area contributed by atoms with Crippen LogP contribution in [0, 0.1) is 13.8 Å². The van der Waals surface area contributed by atoms with Crippen LogP contribution in [0.1, 0.15) is 41.8 Å². The van der Waals surface area contributed by atoms with Crippen LogP contribution in [-0.4, -0.2) is 29.1 Å². The molecule has 3 heterocycles. The second-order valence-electron chi connectivity index (χ2n) is 5.97. The Morgan fingerprint density at radius 3 is 2.83 bits per heavy atom. The van der Waals surface area contributed by atoms with Crippen LogP contribution in [0.15, 0.2) is 28.0 Å². The molecule has 0 aliphatic carbocycles. The van der Waals surface area contributed by atoms with Crippen molar-refractivity contribution in [2.45, 2.75) is 39.7 Å². The van der Waals surface area contributed by atoms with Crippen LogP contribution in [0.5, 0.6) is 0 Å². The molecule has 2 aromatic heterocycles. The molecule has 1 aliphatic rings. The molecule has 2 N–H and O–H groups in total. The summed E-state index contributed by atoms with van der Waals surface area (Å²) in [6, 6.07) is 3.79. The van der Waals surface area contributed by atoms with E-state index in [1.165, 1.54) is 19.3 Å². The van der Waals surface area contributed by atoms with Crippen LogP contribution in [-0.2, 0) is 11.4 Å². The summed E-state index contributed by atoms with van der Waals surface area (Å²) in [5.41, 5.74) is 8.64. The fourth-order valence-corrected chi connectivity index (χ4v) is 2.88. The van der Waals surface area contributed by atoms with Crippen LogP contribution in [0.4, 0.5) is 5.82 Å². The van der Waals surface area contributed by atoms with Gasteiger partial charge in [-0.1, -0.05) is 10.3 Å². The third-order valence-corrected chi connectivity index (χ3v) is 4.27. The summed E-state index contributed by atoms with van der Waals surface area (Å²) in [4.78, 5) is 12.2. The summed E-state index contributed by atoms with van der Waals surface area (Å²) in [6.07, 6.45) is 5.40. The summed E-state index contributed by atoms with van der Waals surface area (Å²) in [7, 11) is 0. The third-order valence-electron chi connectivity index (χ3n) is 4.27. The largest absolute Gasteiger partial charge is 0.389 e. The first-order valence-corrected chi connectivity index (χ1v) is 8.24. The number of nitrogens with two attached hydrogens (primary N) is 1. The zero-order valence-corrected chi connectivity index (χ0v) is 14.2. The second-order valence-corrected chi connectivity index (χ2v) is 5.97. The fraction of sp³-hybridized carbons (Fsp3) is 0.471. The van der Waals surface area contributed by atoms with Crippen molar-refractivity contribution in [3.63, 3.8) is 0 Å². The van der Waals surface area contributed by atoms with Crippen molar-refractivity contribution in [3.05, 3.63) is 40.9 Å². The first kappa shape index (κ1) is 16.3. The van der Waals surface area contributed by atoms with Crippen molar-refractivity contribution in [1.29, 1.82) is 0 Å². The molecule has 128 valence electrons. The van der Waals surface area contributed by atoms with Gasteiger partial charge in [-0.15, -0.1) is 0 Å². The highest BCUT2D eigenvalue weighted by Gasteiger charge is 2.17. The molecule has 0 saturated carbocycles. The Labute approximate surface area is 141 Å². The minimum Gasteiger partial charge on any atom is -0.389 e. The van der Waals surface area contributed by atoms with E-state index in [-0.39, 0.29) is 6.61 Å². The number of pyridine rings is 1. The molecule has 1 aliphatic heterocycles. The van der Waals surface area contributed by atoms with Crippen LogP contribution in [0.2, 0.25) is 0 Å². The molecule has 0 aromatic carbocycles. The molecule has 7 heteroatoms. The standard InChI is InChI=1S/C17H23N5O2/c1-12-15(13(2)24-20-12)11-23-21-16(18)14-7-6-8-19-17(14)22-9-4-3-5-10-22/h6-8H,3-5,9-11H2,1-2H3,(H2,18,21). The van der Waals surface area contributed by atoms with Gasteiger partial charge >= 0.3 is 0 Å². The molecule has 0 bridgehead atoms. The maximum Gasteiger partial charge on any atom is 0.174 e. The molecule has 0 amide bonds. The first-order chi connectivity index (χ1) is 11.7. The minimum absolute atomic E-state index is 0.279. The molecule has 0 atom stereocenters. The van der Waals surface area contributed by atoms with E-state index in [4.69, 9.17) is 15.1 Å². The van der Waals surface area contributed by atoms with Gasteiger partial charge in [-0.25, -0.2) is 4.98 Å². The van der Waals surface area contributed by atoms with Crippen molar-refractivity contribution in [1.82, 2.24) is 10.1 Å². The summed E-state index contributed by atoms with van der Waals surface area (Å²) < 4.78 is 5.11. The van der Waals surface area contributed by atoms with E-state index in [9.17, 15) is 0 Å². The number of hydrogen-bond donors (Lipinski definition) is 1. The Kier molecular flexibility index (Phi) is 4.98. The molecular formula is C17H23N5O2. The lowest BCUT2D eigenvalue weighted by Gasteiger charge is -2.29. The molecule has 0 spiro atoms. The normalized spacial score (nSPS) is 15.6. The highest BCUT2D eigenvalue weighted by molar-refractivity contribution is 6.01. The Morgan fingerprint density at radius 2 is 2.12 bits per heavy atom. The van der Waals surface area contributed by atoms with Crippen molar-refractivity contribution in [2.75, 3.05) is 18.0 Å². The Morgan fingerprint density at radius 1 is 1.33 bits per heavy atom. The predicted molar refractivity (Wildman–Crippen MR) is 91.8 cm³/mol. The SMILES string of the molecule is Cc1noc(C)c1CON=C(N)c1cccnc1N1CCCCC1. The van der Waals surface area contributed by atoms with E-state index < -0.39 is 0 Å². The number of rotatable bonds is 5. The molecule has 1 saturated heterocycles. The Hall–Kier alpha value is -2.57. The molecule has 1 fully saturated rings. The van der Waals surface area contributed by atoms with Gasteiger partial charge in [-0.2, -0.15) is 0 Å². The van der Waals surface area contributed by atoms with Gasteiger partial charge in [0.2, 0.25) is 0 Å². The van der Waals surface area contributed by atoms with Crippen molar-refractivity contribution < 1.29 is 9.36 Å². The third kappa shape index (κ3) is 3.50. The van der Waals surface area contributed by atoms with E-state index in [0.717, 1.165) is 41.5 Å². The van der Waals surface area contributed by atoms with E-state index in [1.807, 2.05) is 26.0 Å². The maximum absolute atomic E-state index is 6.14. The van der Waals surface area contributed by atoms with E-state index in [0.29, 0.717) is 5.84 Å². The molecule has 3 rings (SSSR count). The van der Waals surface area contributed by atoms with E-state index >= 15 is 0 Å². The van der Waals surface area contributed by atoms with Gasteiger partial charge in [0.05, 0.1) is 16.8 Å². The van der Waals surface area contributed by atoms with Crippen LogP contribution in [0.3, 0.4) is 0 Å². The summed E-state index contributed by atoms with van der Waals surface area (Å²) in [6.45, 7) is 5.99. The van der Waals surface area contributed by atoms with Gasteiger partial charge in [-0.05, 0) is 45.2 Å². The maximum atomic E-state index is 6.14. The van der Waals surface area contributed by atoms with Crippen molar-refractivity contribution >= 4 is 11.7 Å². The van der Waals surface area contributed by atoms with Gasteiger partial charge in [0.25, 0.3) is 0 Å². The van der Waals surface area contributed by atoms with Gasteiger partial charge in [0.1, 0.15) is 18.2 Å². The quantitative estimate of drug-likeness (QED) is 0.515. The molecule has 0 radical (unpaired) electrons. The average molecular weight is 329 g/mol. The number of piperidine rings is 1. The summed E-state index contributed by atoms with van der Waals surface area (Å²) in [5.74, 6) is 1.94. The van der Waals surface area contributed by atoms with Crippen LogP contribution >= 0.6 is 0 Å². The highest BCUT2D eigenvalue weighted by atomic mass is 16.6. The summed E-state index contributed by atoms with van der Waals surface area (Å²) >= 11 is 0. The van der Waals surface area contributed by atoms with Gasteiger partial charge in [-0.3, -0.25) is 0 Å². The minimum atomic E-state index is 0.279. The lowest BCUT2D eigenvalue weighted by atomic mass is 10.1. The van der Waals surface area contributed by atoms with E-state index in [2.05, 4.69) is 20.2 Å². The number of oxime groups is 1. The molecule has 7 nitrogen and oxygen atoms in total. The first-order valence-electron chi connectivity index (χ1n) is 8.24. The fourth-order valence-electron chi connectivity index (χ4n) is 2.88. The topological polar surface area (TPSA) is 89.8 Å². The second kappa shape index (κ2) is 7.33. The van der Waals surface area contributed by atoms with Gasteiger partial charge in [0, 0.05) is 19.3 Å². The predicted octanol–water partition coefficient (Wildman–Crippen LogP) is 2.51. The number of nitrogens with zero attached hydrogens (tertiary/aromatic N) is 4. The Bertz CT molecular complexity index is 700. The summed E-state index contributed by atoms with van der Waals surface area (Å²) in [5, 5.41) is 7.96. The number of hydrogen-bond acceptors (Lipinski definition) is 6. The van der Waals surface area contributed by atoms with Gasteiger partial charge < -0.3 is 20.0 Å². The molecule has 0 unspecified atom stereocenters. The number of anilines is 1.